The largest absolute Gasteiger partial charge is 0.493 e. The zero-order chi connectivity index (χ0) is 25.5. The molecule has 5 heterocycles. The zero-order valence-electron chi connectivity index (χ0n) is 21.6. The fourth-order valence-electron chi connectivity index (χ4n) is 6.68. The highest BCUT2D eigenvalue weighted by Crippen LogP contribution is 2.39. The Morgan fingerprint density at radius 3 is 2.74 bits per heavy atom. The number of nitrogens with zero attached hydrogens (tertiary/aromatic N) is 3. The van der Waals surface area contributed by atoms with Crippen molar-refractivity contribution in [1.82, 2.24) is 20.3 Å². The SMILES string of the molecule is O=C(C1=CC2=CNON2C=C1)N1CCc2ccccc2C1CCN1CCC(c2cccc3c2OCC3)CC1. The first-order chi connectivity index (χ1) is 18.7. The van der Waals surface area contributed by atoms with E-state index in [1.807, 2.05) is 12.2 Å². The van der Waals surface area contributed by atoms with Gasteiger partial charge in [-0.2, -0.15) is 4.94 Å². The number of carbonyl (C=O) groups is 1. The van der Waals surface area contributed by atoms with E-state index in [1.165, 1.54) is 22.3 Å². The van der Waals surface area contributed by atoms with Crippen LogP contribution in [-0.2, 0) is 22.6 Å². The van der Waals surface area contributed by atoms with Crippen LogP contribution in [0.1, 0.15) is 53.5 Å². The summed E-state index contributed by atoms with van der Waals surface area (Å²) in [5.74, 6) is 1.81. The van der Waals surface area contributed by atoms with Crippen LogP contribution in [-0.4, -0.2) is 53.6 Å². The molecule has 5 aliphatic rings. The fourth-order valence-corrected chi connectivity index (χ4v) is 6.68. The Morgan fingerprint density at radius 2 is 1.82 bits per heavy atom. The number of likely N-dealkylation sites (tertiary alicyclic amines) is 1. The quantitative estimate of drug-likeness (QED) is 0.645. The number of piperidine rings is 1. The van der Waals surface area contributed by atoms with Gasteiger partial charge in [0.25, 0.3) is 5.91 Å². The maximum atomic E-state index is 13.8. The van der Waals surface area contributed by atoms with Crippen LogP contribution in [0.4, 0.5) is 0 Å². The van der Waals surface area contributed by atoms with Gasteiger partial charge in [-0.25, -0.2) is 10.5 Å². The van der Waals surface area contributed by atoms with E-state index in [9.17, 15) is 4.79 Å². The molecule has 0 aliphatic carbocycles. The van der Waals surface area contributed by atoms with E-state index in [2.05, 4.69) is 57.7 Å². The van der Waals surface area contributed by atoms with Gasteiger partial charge >= 0.3 is 0 Å². The van der Waals surface area contributed by atoms with Gasteiger partial charge in [0.1, 0.15) is 5.75 Å². The minimum absolute atomic E-state index is 0.0789. The van der Waals surface area contributed by atoms with Crippen molar-refractivity contribution < 1.29 is 14.5 Å². The zero-order valence-corrected chi connectivity index (χ0v) is 21.6. The van der Waals surface area contributed by atoms with Crippen LogP contribution in [0.5, 0.6) is 5.75 Å². The van der Waals surface area contributed by atoms with E-state index in [-0.39, 0.29) is 11.9 Å². The molecule has 0 saturated carbocycles. The molecule has 0 aromatic heterocycles. The van der Waals surface area contributed by atoms with Crippen LogP contribution < -0.4 is 10.2 Å². The molecule has 1 fully saturated rings. The van der Waals surface area contributed by atoms with Crippen molar-refractivity contribution >= 4 is 5.91 Å². The van der Waals surface area contributed by atoms with Gasteiger partial charge < -0.3 is 14.5 Å². The Hall–Kier alpha value is -3.55. The predicted octanol–water partition coefficient (Wildman–Crippen LogP) is 4.36. The lowest BCUT2D eigenvalue weighted by molar-refractivity contribution is -0.130. The second kappa shape index (κ2) is 9.97. The highest BCUT2D eigenvalue weighted by molar-refractivity contribution is 5.97. The van der Waals surface area contributed by atoms with Crippen molar-refractivity contribution in [3.05, 3.63) is 101 Å². The lowest BCUT2D eigenvalue weighted by Crippen LogP contribution is -2.43. The third-order valence-corrected chi connectivity index (χ3v) is 8.72. The van der Waals surface area contributed by atoms with Crippen molar-refractivity contribution in [2.24, 2.45) is 0 Å². The van der Waals surface area contributed by atoms with Crippen LogP contribution in [0.2, 0.25) is 0 Å². The van der Waals surface area contributed by atoms with Crippen molar-refractivity contribution in [2.75, 3.05) is 32.8 Å². The Morgan fingerprint density at radius 1 is 0.974 bits per heavy atom. The number of rotatable bonds is 5. The topological polar surface area (TPSA) is 57.3 Å². The molecule has 1 unspecified atom stereocenters. The number of hydrogen-bond acceptors (Lipinski definition) is 6. The molecule has 7 heteroatoms. The van der Waals surface area contributed by atoms with Gasteiger partial charge in [0.2, 0.25) is 0 Å². The van der Waals surface area contributed by atoms with Crippen LogP contribution >= 0.6 is 0 Å². The normalized spacial score (nSPS) is 22.7. The minimum atomic E-state index is 0.0789. The van der Waals surface area contributed by atoms with Gasteiger partial charge in [0, 0.05) is 31.3 Å². The molecule has 5 aliphatic heterocycles. The number of hydroxylamine groups is 3. The average molecular weight is 511 g/mol. The first-order valence-electron chi connectivity index (χ1n) is 13.9. The molecule has 0 spiro atoms. The second-order valence-electron chi connectivity index (χ2n) is 10.8. The number of fused-ring (bicyclic) bond motifs is 3. The Kier molecular flexibility index (Phi) is 6.18. The molecule has 2 aromatic carbocycles. The minimum Gasteiger partial charge on any atom is -0.493 e. The van der Waals surface area contributed by atoms with Gasteiger partial charge in [-0.1, -0.05) is 42.5 Å². The van der Waals surface area contributed by atoms with Crippen LogP contribution in [0.15, 0.2) is 78.3 Å². The summed E-state index contributed by atoms with van der Waals surface area (Å²) in [7, 11) is 0. The Bertz CT molecular complexity index is 1320. The second-order valence-corrected chi connectivity index (χ2v) is 10.8. The molecule has 38 heavy (non-hydrogen) atoms. The van der Waals surface area contributed by atoms with Crippen molar-refractivity contribution in [3.8, 4) is 5.75 Å². The summed E-state index contributed by atoms with van der Waals surface area (Å²) in [6.45, 7) is 4.72. The standard InChI is InChI=1S/C31H34N4O3/c36-31(25-11-18-35-26(20-25)21-32-38-35)34-17-10-22-4-1-2-6-27(22)29(34)12-16-33-14-8-23(9-15-33)28-7-3-5-24-13-19-37-30(24)28/h1-7,11,18,20-21,23,29,32H,8-10,12-17,19H2. The molecule has 7 nitrogen and oxygen atoms in total. The van der Waals surface area contributed by atoms with Gasteiger partial charge in [-0.15, -0.1) is 0 Å². The number of carbonyl (C=O) groups excluding carboxylic acids is 1. The smallest absolute Gasteiger partial charge is 0.254 e. The lowest BCUT2D eigenvalue weighted by atomic mass is 9.87. The number of hydrogen-bond donors (Lipinski definition) is 1. The number of amides is 1. The Labute approximate surface area is 223 Å². The first-order valence-corrected chi connectivity index (χ1v) is 13.9. The molecule has 7 rings (SSSR count). The van der Waals surface area contributed by atoms with Crippen molar-refractivity contribution in [1.29, 1.82) is 0 Å². The number of benzene rings is 2. The molecule has 1 N–H and O–H groups in total. The highest BCUT2D eigenvalue weighted by Gasteiger charge is 2.34. The molecular formula is C31H34N4O3. The summed E-state index contributed by atoms with van der Waals surface area (Å²) in [5.41, 5.74) is 9.71. The Balaban J connectivity index is 1.04. The van der Waals surface area contributed by atoms with Crippen LogP contribution in [0, 0.1) is 0 Å². The average Bonchev–Trinajstić information content (AvgIpc) is 3.65. The summed E-state index contributed by atoms with van der Waals surface area (Å²) < 4.78 is 6.00. The molecule has 1 saturated heterocycles. The first kappa shape index (κ1) is 23.6. The fraction of sp³-hybridized carbons (Fsp3) is 0.387. The predicted molar refractivity (Wildman–Crippen MR) is 145 cm³/mol. The van der Waals surface area contributed by atoms with Gasteiger partial charge in [0.05, 0.1) is 24.5 Å². The summed E-state index contributed by atoms with van der Waals surface area (Å²) in [5, 5.41) is 1.62. The van der Waals surface area contributed by atoms with Crippen LogP contribution in [0.3, 0.4) is 0 Å². The maximum Gasteiger partial charge on any atom is 0.254 e. The molecule has 0 bridgehead atoms. The molecule has 1 amide bonds. The van der Waals surface area contributed by atoms with Gasteiger partial charge in [-0.3, -0.25) is 4.79 Å². The van der Waals surface area contributed by atoms with Gasteiger partial charge in [-0.05, 0) is 79.1 Å². The summed E-state index contributed by atoms with van der Waals surface area (Å²) in [6, 6.07) is 15.4. The molecule has 2 aromatic rings. The number of nitrogens with one attached hydrogen (secondary N) is 1. The van der Waals surface area contributed by atoms with E-state index in [0.29, 0.717) is 11.5 Å². The third kappa shape index (κ3) is 4.29. The highest BCUT2D eigenvalue weighted by atomic mass is 16.8. The third-order valence-electron chi connectivity index (χ3n) is 8.72. The van der Waals surface area contributed by atoms with E-state index < -0.39 is 0 Å². The lowest BCUT2D eigenvalue weighted by Gasteiger charge is -2.40. The summed E-state index contributed by atoms with van der Waals surface area (Å²) >= 11 is 0. The molecule has 1 atom stereocenters. The number of para-hydroxylation sites is 1. The summed E-state index contributed by atoms with van der Waals surface area (Å²) in [4.78, 5) is 23.7. The molecule has 0 radical (unpaired) electrons. The van der Waals surface area contributed by atoms with Crippen molar-refractivity contribution in [2.45, 2.75) is 44.1 Å². The molecule has 196 valence electrons. The maximum absolute atomic E-state index is 13.8. The van der Waals surface area contributed by atoms with Crippen molar-refractivity contribution in [3.63, 3.8) is 0 Å². The van der Waals surface area contributed by atoms with Crippen LogP contribution in [0.25, 0.3) is 0 Å². The summed E-state index contributed by atoms with van der Waals surface area (Å²) in [6.07, 6.45) is 12.5. The van der Waals surface area contributed by atoms with E-state index in [4.69, 9.17) is 9.68 Å². The van der Waals surface area contributed by atoms with E-state index in [1.54, 1.807) is 17.5 Å². The monoisotopic (exact) mass is 510 g/mol. The number of ether oxygens (including phenoxy) is 1. The number of allylic oxidation sites excluding steroid dienone is 1. The van der Waals surface area contributed by atoms with E-state index >= 15 is 0 Å². The van der Waals surface area contributed by atoms with E-state index in [0.717, 1.165) is 76.3 Å². The van der Waals surface area contributed by atoms with Gasteiger partial charge in [0.15, 0.2) is 0 Å². The molecular weight excluding hydrogens is 476 g/mol.